The Morgan fingerprint density at radius 2 is 1.95 bits per heavy atom. The number of methoxy groups -OCH3 is 1. The lowest BCUT2D eigenvalue weighted by Gasteiger charge is -2.18. The van der Waals surface area contributed by atoms with Gasteiger partial charge < -0.3 is 4.74 Å². The molecule has 0 spiro atoms. The molecule has 1 aromatic heterocycles. The van der Waals surface area contributed by atoms with E-state index >= 15 is 0 Å². The maximum Gasteiger partial charge on any atom is 0.244 e. The lowest BCUT2D eigenvalue weighted by molar-refractivity contribution is 0.414. The molecule has 2 aromatic rings. The molecule has 4 nitrogen and oxygen atoms in total. The van der Waals surface area contributed by atoms with Crippen LogP contribution in [0.4, 0.5) is 0 Å². The van der Waals surface area contributed by atoms with Crippen LogP contribution in [-0.4, -0.2) is 26.9 Å². The number of ether oxygens (including phenoxy) is 1. The second kappa shape index (κ2) is 6.54. The van der Waals surface area contributed by atoms with Gasteiger partial charge >= 0.3 is 0 Å². The summed E-state index contributed by atoms with van der Waals surface area (Å²) in [6.07, 6.45) is 0. The Bertz CT molecular complexity index is 730. The van der Waals surface area contributed by atoms with Crippen molar-refractivity contribution < 1.29 is 13.2 Å². The van der Waals surface area contributed by atoms with Crippen LogP contribution in [-0.2, 0) is 16.6 Å². The van der Waals surface area contributed by atoms with Gasteiger partial charge in [-0.1, -0.05) is 29.3 Å². The highest BCUT2D eigenvalue weighted by atomic mass is 35.5. The molecule has 114 valence electrons. The smallest absolute Gasteiger partial charge is 0.244 e. The van der Waals surface area contributed by atoms with Crippen LogP contribution in [0.5, 0.6) is 5.75 Å². The molecule has 2 rings (SSSR count). The normalized spacial score (nSPS) is 11.9. The molecule has 0 fully saturated rings. The standard InChI is InChI=1S/C13H13Cl2NO3S2/c1-16(8-9-4-3-7-20-9)21(17,18)11-6-5-10(19-2)12(14)13(11)15/h3-7H,8H2,1-2H3. The maximum absolute atomic E-state index is 12.6. The van der Waals surface area contributed by atoms with Gasteiger partial charge in [0.25, 0.3) is 0 Å². The first-order valence-corrected chi connectivity index (χ1v) is 8.96. The zero-order valence-electron chi connectivity index (χ0n) is 11.3. The van der Waals surface area contributed by atoms with Crippen LogP contribution in [0.25, 0.3) is 0 Å². The summed E-state index contributed by atoms with van der Waals surface area (Å²) in [4.78, 5) is 0.908. The summed E-state index contributed by atoms with van der Waals surface area (Å²) in [5, 5.41) is 1.95. The van der Waals surface area contributed by atoms with Gasteiger partial charge in [-0.2, -0.15) is 4.31 Å². The van der Waals surface area contributed by atoms with Crippen LogP contribution in [0.15, 0.2) is 34.5 Å². The van der Waals surface area contributed by atoms with Gasteiger partial charge in [-0.3, -0.25) is 0 Å². The zero-order valence-corrected chi connectivity index (χ0v) is 14.5. The quantitative estimate of drug-likeness (QED) is 0.807. The molecule has 0 aliphatic heterocycles. The SMILES string of the molecule is COc1ccc(S(=O)(=O)N(C)Cc2cccs2)c(Cl)c1Cl. The maximum atomic E-state index is 12.6. The van der Waals surface area contributed by atoms with Crippen molar-refractivity contribution in [3.63, 3.8) is 0 Å². The molecular weight excluding hydrogens is 353 g/mol. The second-order valence-corrected chi connectivity index (χ2v) is 8.04. The molecule has 0 amide bonds. The lowest BCUT2D eigenvalue weighted by atomic mass is 10.3. The lowest BCUT2D eigenvalue weighted by Crippen LogP contribution is -2.26. The Morgan fingerprint density at radius 3 is 2.52 bits per heavy atom. The molecular formula is C13H13Cl2NO3S2. The van der Waals surface area contributed by atoms with E-state index in [2.05, 4.69) is 0 Å². The largest absolute Gasteiger partial charge is 0.495 e. The molecule has 0 aliphatic carbocycles. The van der Waals surface area contributed by atoms with Crippen molar-refractivity contribution in [1.29, 1.82) is 0 Å². The number of sulfonamides is 1. The fourth-order valence-electron chi connectivity index (χ4n) is 1.75. The van der Waals surface area contributed by atoms with Gasteiger partial charge in [-0.25, -0.2) is 8.42 Å². The first-order valence-electron chi connectivity index (χ1n) is 5.88. The highest BCUT2D eigenvalue weighted by Crippen LogP contribution is 2.37. The van der Waals surface area contributed by atoms with Crippen molar-refractivity contribution in [2.24, 2.45) is 0 Å². The predicted molar refractivity (Wildman–Crippen MR) is 86.0 cm³/mol. The summed E-state index contributed by atoms with van der Waals surface area (Å²) in [5.74, 6) is 0.335. The van der Waals surface area contributed by atoms with Crippen molar-refractivity contribution in [2.45, 2.75) is 11.4 Å². The Morgan fingerprint density at radius 1 is 1.24 bits per heavy atom. The van der Waals surface area contributed by atoms with Crippen LogP contribution in [0, 0.1) is 0 Å². The number of benzene rings is 1. The molecule has 8 heteroatoms. The number of rotatable bonds is 5. The van der Waals surface area contributed by atoms with Crippen LogP contribution in [0.3, 0.4) is 0 Å². The minimum absolute atomic E-state index is 0.0333. The number of hydrogen-bond acceptors (Lipinski definition) is 4. The molecule has 0 radical (unpaired) electrons. The topological polar surface area (TPSA) is 46.6 Å². The molecule has 1 heterocycles. The first kappa shape index (κ1) is 16.6. The van der Waals surface area contributed by atoms with Gasteiger partial charge in [0.15, 0.2) is 0 Å². The summed E-state index contributed by atoms with van der Waals surface area (Å²) in [6, 6.07) is 6.63. The number of halogens is 2. The predicted octanol–water partition coefficient (Wildman–Crippen LogP) is 3.88. The van der Waals surface area contributed by atoms with Gasteiger partial charge in [0, 0.05) is 18.5 Å². The highest BCUT2D eigenvalue weighted by molar-refractivity contribution is 7.89. The van der Waals surface area contributed by atoms with Gasteiger partial charge in [0.05, 0.1) is 12.1 Å². The zero-order chi connectivity index (χ0) is 15.6. The second-order valence-electron chi connectivity index (χ2n) is 4.23. The summed E-state index contributed by atoms with van der Waals surface area (Å²) in [5.41, 5.74) is 0. The van der Waals surface area contributed by atoms with Crippen molar-refractivity contribution in [1.82, 2.24) is 4.31 Å². The third-order valence-corrected chi connectivity index (χ3v) is 6.56. The summed E-state index contributed by atoms with van der Waals surface area (Å²) < 4.78 is 31.4. The van der Waals surface area contributed by atoms with E-state index in [1.807, 2.05) is 17.5 Å². The van der Waals surface area contributed by atoms with Crippen molar-refractivity contribution >= 4 is 44.6 Å². The van der Waals surface area contributed by atoms with E-state index in [9.17, 15) is 8.42 Å². The van der Waals surface area contributed by atoms with Crippen molar-refractivity contribution in [3.8, 4) is 5.75 Å². The van der Waals surface area contributed by atoms with Crippen LogP contribution in [0.2, 0.25) is 10.0 Å². The first-order chi connectivity index (χ1) is 9.87. The molecule has 1 aromatic carbocycles. The molecule has 0 saturated carbocycles. The molecule has 0 bridgehead atoms. The summed E-state index contributed by atoms with van der Waals surface area (Å²) in [6.45, 7) is 0.278. The van der Waals surface area contributed by atoms with E-state index in [1.165, 1.54) is 41.9 Å². The fraction of sp³-hybridized carbons (Fsp3) is 0.231. The number of thiophene rings is 1. The average molecular weight is 366 g/mol. The van der Waals surface area contributed by atoms with E-state index in [1.54, 1.807) is 0 Å². The molecule has 0 unspecified atom stereocenters. The molecule has 0 aliphatic rings. The third-order valence-electron chi connectivity index (χ3n) is 2.88. The van der Waals surface area contributed by atoms with E-state index in [0.29, 0.717) is 5.75 Å². The molecule has 21 heavy (non-hydrogen) atoms. The Labute approximate surface area is 137 Å². The van der Waals surface area contributed by atoms with E-state index in [-0.39, 0.29) is 21.5 Å². The number of hydrogen-bond donors (Lipinski definition) is 0. The van der Waals surface area contributed by atoms with Gasteiger partial charge in [0.2, 0.25) is 10.0 Å². The van der Waals surface area contributed by atoms with E-state index < -0.39 is 10.0 Å². The van der Waals surface area contributed by atoms with Gasteiger partial charge in [-0.05, 0) is 23.6 Å². The Kier molecular flexibility index (Phi) is 5.16. The van der Waals surface area contributed by atoms with Gasteiger partial charge in [-0.15, -0.1) is 11.3 Å². The monoisotopic (exact) mass is 365 g/mol. The van der Waals surface area contributed by atoms with Crippen LogP contribution in [0.1, 0.15) is 4.88 Å². The number of nitrogens with zero attached hydrogens (tertiary/aromatic N) is 1. The van der Waals surface area contributed by atoms with Crippen molar-refractivity contribution in [3.05, 3.63) is 44.6 Å². The third kappa shape index (κ3) is 3.35. The molecule has 0 saturated heterocycles. The van der Waals surface area contributed by atoms with E-state index in [4.69, 9.17) is 27.9 Å². The Hall–Kier alpha value is -0.790. The molecule has 0 atom stereocenters. The fourth-order valence-corrected chi connectivity index (χ4v) is 4.54. The highest BCUT2D eigenvalue weighted by Gasteiger charge is 2.26. The minimum Gasteiger partial charge on any atom is -0.495 e. The molecule has 0 N–H and O–H groups in total. The van der Waals surface area contributed by atoms with E-state index in [0.717, 1.165) is 4.88 Å². The van der Waals surface area contributed by atoms with Crippen LogP contribution < -0.4 is 4.74 Å². The Balaban J connectivity index is 2.37. The van der Waals surface area contributed by atoms with Crippen molar-refractivity contribution in [2.75, 3.05) is 14.2 Å². The minimum atomic E-state index is -3.73. The summed E-state index contributed by atoms with van der Waals surface area (Å²) >= 11 is 13.6. The van der Waals surface area contributed by atoms with Gasteiger partial charge in [0.1, 0.15) is 15.7 Å². The van der Waals surface area contributed by atoms with Crippen LogP contribution >= 0.6 is 34.5 Å². The average Bonchev–Trinajstić information content (AvgIpc) is 2.94. The summed E-state index contributed by atoms with van der Waals surface area (Å²) in [7, 11) is -0.783.